The molecule has 8 nitrogen and oxygen atoms in total. The molecule has 2 rings (SSSR count). The molecule has 2 amide bonds. The van der Waals surface area contributed by atoms with Crippen molar-refractivity contribution in [1.29, 1.82) is 0 Å². The van der Waals surface area contributed by atoms with Gasteiger partial charge < -0.3 is 19.3 Å². The SMILES string of the molecule is COc1cc(CC(=O)NNC(=O)c2cccc(O)c2)cc(OC)c1OC. The van der Waals surface area contributed by atoms with Crippen LogP contribution >= 0.6 is 0 Å². The highest BCUT2D eigenvalue weighted by Gasteiger charge is 2.15. The third-order valence-electron chi connectivity index (χ3n) is 3.51. The quantitative estimate of drug-likeness (QED) is 0.673. The number of rotatable bonds is 6. The van der Waals surface area contributed by atoms with Gasteiger partial charge in [-0.25, -0.2) is 0 Å². The van der Waals surface area contributed by atoms with Gasteiger partial charge >= 0.3 is 0 Å². The molecule has 2 aromatic carbocycles. The molecule has 0 fully saturated rings. The lowest BCUT2D eigenvalue weighted by Crippen LogP contribution is -2.42. The van der Waals surface area contributed by atoms with Gasteiger partial charge in [-0.1, -0.05) is 6.07 Å². The minimum Gasteiger partial charge on any atom is -0.508 e. The molecule has 8 heteroatoms. The minimum absolute atomic E-state index is 0.0168. The summed E-state index contributed by atoms with van der Waals surface area (Å²) in [6.45, 7) is 0. The topological polar surface area (TPSA) is 106 Å². The third kappa shape index (κ3) is 4.56. The second kappa shape index (κ2) is 8.61. The van der Waals surface area contributed by atoms with Crippen LogP contribution in [0.4, 0.5) is 0 Å². The molecule has 138 valence electrons. The lowest BCUT2D eigenvalue weighted by atomic mass is 10.1. The third-order valence-corrected chi connectivity index (χ3v) is 3.51. The van der Waals surface area contributed by atoms with E-state index >= 15 is 0 Å². The Bertz CT molecular complexity index is 781. The number of benzene rings is 2. The number of hydrogen-bond donors (Lipinski definition) is 3. The van der Waals surface area contributed by atoms with Crippen molar-refractivity contribution in [1.82, 2.24) is 10.9 Å². The Hall–Kier alpha value is -3.42. The van der Waals surface area contributed by atoms with Gasteiger partial charge in [-0.3, -0.25) is 20.4 Å². The average Bonchev–Trinajstić information content (AvgIpc) is 2.65. The molecule has 0 unspecified atom stereocenters. The Morgan fingerprint density at radius 1 is 0.962 bits per heavy atom. The normalized spacial score (nSPS) is 9.96. The number of phenolic OH excluding ortho intramolecular Hbond substituents is 1. The van der Waals surface area contributed by atoms with Crippen molar-refractivity contribution in [2.75, 3.05) is 21.3 Å². The first-order chi connectivity index (χ1) is 12.5. The van der Waals surface area contributed by atoms with Crippen LogP contribution in [0.15, 0.2) is 36.4 Å². The van der Waals surface area contributed by atoms with Gasteiger partial charge in [-0.15, -0.1) is 0 Å². The molecule has 3 N–H and O–H groups in total. The van der Waals surface area contributed by atoms with Gasteiger partial charge in [0.25, 0.3) is 5.91 Å². The summed E-state index contributed by atoms with van der Waals surface area (Å²) >= 11 is 0. The van der Waals surface area contributed by atoms with E-state index in [1.165, 1.54) is 45.6 Å². The fourth-order valence-electron chi connectivity index (χ4n) is 2.31. The van der Waals surface area contributed by atoms with Gasteiger partial charge in [0.15, 0.2) is 11.5 Å². The number of phenols is 1. The number of ether oxygens (including phenoxy) is 3. The summed E-state index contributed by atoms with van der Waals surface area (Å²) in [4.78, 5) is 24.0. The molecule has 0 atom stereocenters. The first kappa shape index (κ1) is 18.9. The molecule has 0 saturated carbocycles. The van der Waals surface area contributed by atoms with E-state index in [4.69, 9.17) is 14.2 Å². The molecule has 0 aromatic heterocycles. The van der Waals surface area contributed by atoms with E-state index in [2.05, 4.69) is 10.9 Å². The smallest absolute Gasteiger partial charge is 0.269 e. The Balaban J connectivity index is 2.02. The van der Waals surface area contributed by atoms with Gasteiger partial charge in [0.05, 0.1) is 27.8 Å². The van der Waals surface area contributed by atoms with Crippen molar-refractivity contribution in [3.63, 3.8) is 0 Å². The zero-order valence-electron chi connectivity index (χ0n) is 14.7. The maximum atomic E-state index is 12.1. The number of aromatic hydroxyl groups is 1. The molecule has 0 bridgehead atoms. The van der Waals surface area contributed by atoms with E-state index < -0.39 is 11.8 Å². The summed E-state index contributed by atoms with van der Waals surface area (Å²) in [5, 5.41) is 9.37. The summed E-state index contributed by atoms with van der Waals surface area (Å²) in [5.74, 6) is 0.265. The number of carbonyl (C=O) groups is 2. The summed E-state index contributed by atoms with van der Waals surface area (Å²) in [5.41, 5.74) is 5.44. The molecule has 2 aromatic rings. The predicted octanol–water partition coefficient (Wildman–Crippen LogP) is 1.42. The van der Waals surface area contributed by atoms with Gasteiger partial charge in [0, 0.05) is 5.56 Å². The van der Waals surface area contributed by atoms with Crippen LogP contribution in [-0.4, -0.2) is 38.3 Å². The Morgan fingerprint density at radius 3 is 2.15 bits per heavy atom. The molecular formula is C18H20N2O6. The van der Waals surface area contributed by atoms with Crippen molar-refractivity contribution < 1.29 is 28.9 Å². The maximum Gasteiger partial charge on any atom is 0.269 e. The number of amides is 2. The van der Waals surface area contributed by atoms with E-state index in [1.54, 1.807) is 12.1 Å². The minimum atomic E-state index is -0.542. The summed E-state index contributed by atoms with van der Waals surface area (Å²) < 4.78 is 15.7. The predicted molar refractivity (Wildman–Crippen MR) is 93.5 cm³/mol. The Kier molecular flexibility index (Phi) is 6.26. The number of nitrogens with one attached hydrogen (secondary N) is 2. The van der Waals surface area contributed by atoms with Crippen LogP contribution in [0.3, 0.4) is 0 Å². The zero-order valence-corrected chi connectivity index (χ0v) is 14.7. The van der Waals surface area contributed by atoms with Gasteiger partial charge in [0.1, 0.15) is 5.75 Å². The molecule has 0 heterocycles. The molecule has 0 spiro atoms. The van der Waals surface area contributed by atoms with Gasteiger partial charge in [-0.05, 0) is 35.9 Å². The number of carbonyl (C=O) groups excluding carboxylic acids is 2. The van der Waals surface area contributed by atoms with E-state index in [1.807, 2.05) is 0 Å². The number of hydrogen-bond acceptors (Lipinski definition) is 6. The molecule has 0 aliphatic heterocycles. The van der Waals surface area contributed by atoms with Crippen LogP contribution in [0.1, 0.15) is 15.9 Å². The lowest BCUT2D eigenvalue weighted by Gasteiger charge is -2.14. The van der Waals surface area contributed by atoms with Crippen molar-refractivity contribution in [3.05, 3.63) is 47.5 Å². The summed E-state index contributed by atoms with van der Waals surface area (Å²) in [6, 6.07) is 9.08. The fourth-order valence-corrected chi connectivity index (χ4v) is 2.31. The lowest BCUT2D eigenvalue weighted by molar-refractivity contribution is -0.121. The molecule has 0 aliphatic carbocycles. The monoisotopic (exact) mass is 360 g/mol. The van der Waals surface area contributed by atoms with Crippen LogP contribution in [0.5, 0.6) is 23.0 Å². The van der Waals surface area contributed by atoms with Gasteiger partial charge in [0.2, 0.25) is 11.7 Å². The molecular weight excluding hydrogens is 340 g/mol. The van der Waals surface area contributed by atoms with Crippen molar-refractivity contribution in [3.8, 4) is 23.0 Å². The second-order valence-electron chi connectivity index (χ2n) is 5.26. The Labute approximate surface area is 150 Å². The van der Waals surface area contributed by atoms with Crippen LogP contribution in [-0.2, 0) is 11.2 Å². The van der Waals surface area contributed by atoms with Crippen molar-refractivity contribution >= 4 is 11.8 Å². The van der Waals surface area contributed by atoms with Gasteiger partial charge in [-0.2, -0.15) is 0 Å². The van der Waals surface area contributed by atoms with E-state index in [0.29, 0.717) is 22.8 Å². The highest BCUT2D eigenvalue weighted by atomic mass is 16.5. The molecule has 0 radical (unpaired) electrons. The molecule has 26 heavy (non-hydrogen) atoms. The Morgan fingerprint density at radius 2 is 1.62 bits per heavy atom. The first-order valence-electron chi connectivity index (χ1n) is 7.65. The van der Waals surface area contributed by atoms with Crippen LogP contribution in [0.2, 0.25) is 0 Å². The van der Waals surface area contributed by atoms with Crippen molar-refractivity contribution in [2.24, 2.45) is 0 Å². The summed E-state index contributed by atoms with van der Waals surface area (Å²) in [6.07, 6.45) is -0.0168. The summed E-state index contributed by atoms with van der Waals surface area (Å²) in [7, 11) is 4.46. The second-order valence-corrected chi connectivity index (χ2v) is 5.26. The largest absolute Gasteiger partial charge is 0.508 e. The standard InChI is InChI=1S/C18H20N2O6/c1-24-14-7-11(8-15(25-2)17(14)26-3)9-16(22)19-20-18(23)12-5-4-6-13(21)10-12/h4-8,10,21H,9H2,1-3H3,(H,19,22)(H,20,23). The van der Waals surface area contributed by atoms with E-state index in [9.17, 15) is 14.7 Å². The van der Waals surface area contributed by atoms with Crippen LogP contribution < -0.4 is 25.1 Å². The number of hydrazine groups is 1. The van der Waals surface area contributed by atoms with E-state index in [-0.39, 0.29) is 17.7 Å². The van der Waals surface area contributed by atoms with E-state index in [0.717, 1.165) is 0 Å². The fraction of sp³-hybridized carbons (Fsp3) is 0.222. The number of methoxy groups -OCH3 is 3. The molecule has 0 saturated heterocycles. The van der Waals surface area contributed by atoms with Crippen molar-refractivity contribution in [2.45, 2.75) is 6.42 Å². The molecule has 0 aliphatic rings. The highest BCUT2D eigenvalue weighted by Crippen LogP contribution is 2.38. The zero-order chi connectivity index (χ0) is 19.1. The van der Waals surface area contributed by atoms with Crippen LogP contribution in [0, 0.1) is 0 Å². The average molecular weight is 360 g/mol. The first-order valence-corrected chi connectivity index (χ1v) is 7.65. The maximum absolute atomic E-state index is 12.1. The highest BCUT2D eigenvalue weighted by molar-refractivity contribution is 5.95. The van der Waals surface area contributed by atoms with Crippen LogP contribution in [0.25, 0.3) is 0 Å².